The summed E-state index contributed by atoms with van der Waals surface area (Å²) in [6.07, 6.45) is -3.80. The quantitative estimate of drug-likeness (QED) is 0.908. The van der Waals surface area contributed by atoms with Gasteiger partial charge in [-0.2, -0.15) is 13.2 Å². The maximum Gasteiger partial charge on any atom is 0.416 e. The normalized spacial score (nSPS) is 14.4. The average Bonchev–Trinajstić information content (AvgIpc) is 2.34. The van der Waals surface area contributed by atoms with Gasteiger partial charge in [0.1, 0.15) is 0 Å². The third-order valence-electron chi connectivity index (χ3n) is 2.89. The molecule has 3 nitrogen and oxygen atoms in total. The van der Waals surface area contributed by atoms with Gasteiger partial charge in [-0.25, -0.2) is 8.42 Å². The molecular weight excluding hydrogens is 279 g/mol. The first-order valence-electron chi connectivity index (χ1n) is 5.84. The molecule has 2 N–H and O–H groups in total. The van der Waals surface area contributed by atoms with Crippen molar-refractivity contribution in [3.05, 3.63) is 29.8 Å². The Morgan fingerprint density at radius 1 is 1.21 bits per heavy atom. The summed E-state index contributed by atoms with van der Waals surface area (Å²) < 4.78 is 61.5. The molecule has 1 atom stereocenters. The molecule has 0 aliphatic rings. The molecule has 0 radical (unpaired) electrons. The van der Waals surface area contributed by atoms with Gasteiger partial charge in [0.05, 0.1) is 15.7 Å². The first-order valence-corrected chi connectivity index (χ1v) is 7.39. The van der Waals surface area contributed by atoms with Crippen molar-refractivity contribution in [2.75, 3.05) is 6.54 Å². The summed E-state index contributed by atoms with van der Waals surface area (Å²) in [5.74, 6) is 0. The van der Waals surface area contributed by atoms with Crippen LogP contribution in [0.15, 0.2) is 29.2 Å². The summed E-state index contributed by atoms with van der Waals surface area (Å²) in [5.41, 5.74) is 4.49. The molecule has 1 aromatic carbocycles. The van der Waals surface area contributed by atoms with Gasteiger partial charge in [0, 0.05) is 0 Å². The molecule has 0 aromatic heterocycles. The van der Waals surface area contributed by atoms with Gasteiger partial charge in [-0.1, -0.05) is 6.92 Å². The molecule has 7 heteroatoms. The molecular formula is C12H16F3NO2S. The lowest BCUT2D eigenvalue weighted by Gasteiger charge is -2.15. The van der Waals surface area contributed by atoms with Crippen molar-refractivity contribution in [1.82, 2.24) is 0 Å². The van der Waals surface area contributed by atoms with Crippen LogP contribution in [0.5, 0.6) is 0 Å². The Kier molecular flexibility index (Phi) is 4.98. The van der Waals surface area contributed by atoms with Gasteiger partial charge < -0.3 is 5.73 Å². The summed E-state index contributed by atoms with van der Waals surface area (Å²) in [6, 6.07) is 3.55. The van der Waals surface area contributed by atoms with Gasteiger partial charge in [-0.05, 0) is 43.7 Å². The molecule has 0 bridgehead atoms. The van der Waals surface area contributed by atoms with E-state index in [0.717, 1.165) is 24.3 Å². The molecule has 1 aromatic rings. The van der Waals surface area contributed by atoms with E-state index in [1.165, 1.54) is 0 Å². The third kappa shape index (κ3) is 3.70. The van der Waals surface area contributed by atoms with E-state index in [0.29, 0.717) is 12.8 Å². The van der Waals surface area contributed by atoms with Gasteiger partial charge >= 0.3 is 6.18 Å². The summed E-state index contributed by atoms with van der Waals surface area (Å²) in [5, 5.41) is -0.658. The van der Waals surface area contributed by atoms with Crippen molar-refractivity contribution in [3.8, 4) is 0 Å². The Morgan fingerprint density at radius 2 is 1.74 bits per heavy atom. The minimum Gasteiger partial charge on any atom is -0.330 e. The van der Waals surface area contributed by atoms with Crippen molar-refractivity contribution >= 4 is 9.84 Å². The fourth-order valence-corrected chi connectivity index (χ4v) is 3.58. The fraction of sp³-hybridized carbons (Fsp3) is 0.500. The first kappa shape index (κ1) is 16.0. The number of benzene rings is 1. The van der Waals surface area contributed by atoms with Crippen LogP contribution >= 0.6 is 0 Å². The minimum atomic E-state index is -4.47. The predicted molar refractivity (Wildman–Crippen MR) is 66.4 cm³/mol. The Balaban J connectivity index is 3.09. The third-order valence-corrected chi connectivity index (χ3v) is 5.27. The molecule has 19 heavy (non-hydrogen) atoms. The standard InChI is InChI=1S/C12H16F3NO2S/c1-2-10(7-8-16)19(17,18)11-5-3-9(4-6-11)12(13,14)15/h3-6,10H,2,7-8,16H2,1H3. The van der Waals surface area contributed by atoms with E-state index in [2.05, 4.69) is 0 Å². The summed E-state index contributed by atoms with van der Waals surface area (Å²) >= 11 is 0. The molecule has 0 aliphatic heterocycles. The molecule has 1 unspecified atom stereocenters. The minimum absolute atomic E-state index is 0.0965. The fourth-order valence-electron chi connectivity index (χ4n) is 1.79. The Hall–Kier alpha value is -1.08. The van der Waals surface area contributed by atoms with Crippen LogP contribution in [0, 0.1) is 0 Å². The lowest BCUT2D eigenvalue weighted by atomic mass is 10.2. The molecule has 0 spiro atoms. The van der Waals surface area contributed by atoms with Crippen molar-refractivity contribution in [1.29, 1.82) is 0 Å². The largest absolute Gasteiger partial charge is 0.416 e. The second-order valence-electron chi connectivity index (χ2n) is 4.17. The Bertz CT molecular complexity index is 509. The molecule has 0 fully saturated rings. The van der Waals surface area contributed by atoms with Crippen molar-refractivity contribution in [2.24, 2.45) is 5.73 Å². The topological polar surface area (TPSA) is 60.2 Å². The van der Waals surface area contributed by atoms with E-state index >= 15 is 0 Å². The first-order chi connectivity index (χ1) is 8.73. The van der Waals surface area contributed by atoms with E-state index in [1.807, 2.05) is 0 Å². The lowest BCUT2D eigenvalue weighted by Crippen LogP contribution is -2.24. The SMILES string of the molecule is CCC(CCN)S(=O)(=O)c1ccc(C(F)(F)F)cc1. The van der Waals surface area contributed by atoms with Crippen LogP contribution in [0.1, 0.15) is 25.3 Å². The van der Waals surface area contributed by atoms with Crippen LogP contribution in [0.4, 0.5) is 13.2 Å². The van der Waals surface area contributed by atoms with Crippen LogP contribution in [0.2, 0.25) is 0 Å². The van der Waals surface area contributed by atoms with Gasteiger partial charge in [-0.3, -0.25) is 0 Å². The smallest absolute Gasteiger partial charge is 0.330 e. The van der Waals surface area contributed by atoms with Crippen LogP contribution in [-0.2, 0) is 16.0 Å². The highest BCUT2D eigenvalue weighted by atomic mass is 32.2. The van der Waals surface area contributed by atoms with Crippen LogP contribution < -0.4 is 5.73 Å². The van der Waals surface area contributed by atoms with Crippen molar-refractivity contribution < 1.29 is 21.6 Å². The summed E-state index contributed by atoms with van der Waals surface area (Å²) in [6.45, 7) is 1.93. The van der Waals surface area contributed by atoms with Gasteiger partial charge in [-0.15, -0.1) is 0 Å². The zero-order valence-corrected chi connectivity index (χ0v) is 11.3. The maximum atomic E-state index is 12.4. The van der Waals surface area contributed by atoms with E-state index < -0.39 is 26.8 Å². The number of nitrogens with two attached hydrogens (primary N) is 1. The molecule has 0 heterocycles. The molecule has 0 aliphatic carbocycles. The van der Waals surface area contributed by atoms with Crippen LogP contribution in [0.3, 0.4) is 0 Å². The number of hydrogen-bond acceptors (Lipinski definition) is 3. The van der Waals surface area contributed by atoms with Crippen LogP contribution in [0.25, 0.3) is 0 Å². The number of hydrogen-bond donors (Lipinski definition) is 1. The second-order valence-corrected chi connectivity index (χ2v) is 6.40. The van der Waals surface area contributed by atoms with Crippen molar-refractivity contribution in [3.63, 3.8) is 0 Å². The Morgan fingerprint density at radius 3 is 2.11 bits per heavy atom. The van der Waals surface area contributed by atoms with E-state index in [-0.39, 0.29) is 11.4 Å². The Labute approximate surface area is 110 Å². The van der Waals surface area contributed by atoms with E-state index in [9.17, 15) is 21.6 Å². The van der Waals surface area contributed by atoms with E-state index in [1.54, 1.807) is 6.92 Å². The number of halogens is 3. The zero-order chi connectivity index (χ0) is 14.7. The number of sulfone groups is 1. The lowest BCUT2D eigenvalue weighted by molar-refractivity contribution is -0.137. The second kappa shape index (κ2) is 5.92. The van der Waals surface area contributed by atoms with Gasteiger partial charge in [0.15, 0.2) is 9.84 Å². The highest BCUT2D eigenvalue weighted by Gasteiger charge is 2.31. The molecule has 1 rings (SSSR count). The predicted octanol–water partition coefficient (Wildman–Crippen LogP) is 2.61. The molecule has 108 valence electrons. The average molecular weight is 295 g/mol. The van der Waals surface area contributed by atoms with Gasteiger partial charge in [0.25, 0.3) is 0 Å². The van der Waals surface area contributed by atoms with Gasteiger partial charge in [0.2, 0.25) is 0 Å². The zero-order valence-electron chi connectivity index (χ0n) is 10.4. The monoisotopic (exact) mass is 295 g/mol. The maximum absolute atomic E-state index is 12.4. The number of rotatable bonds is 5. The number of alkyl halides is 3. The molecule has 0 amide bonds. The summed E-state index contributed by atoms with van der Waals surface area (Å²) in [4.78, 5) is -0.0965. The molecule has 0 saturated heterocycles. The van der Waals surface area contributed by atoms with E-state index in [4.69, 9.17) is 5.73 Å². The van der Waals surface area contributed by atoms with Crippen LogP contribution in [-0.4, -0.2) is 20.2 Å². The summed E-state index contributed by atoms with van der Waals surface area (Å²) in [7, 11) is -3.62. The highest BCUT2D eigenvalue weighted by molar-refractivity contribution is 7.92. The molecule has 0 saturated carbocycles. The highest BCUT2D eigenvalue weighted by Crippen LogP contribution is 2.30. The van der Waals surface area contributed by atoms with Crippen molar-refractivity contribution in [2.45, 2.75) is 36.1 Å².